The highest BCUT2D eigenvalue weighted by molar-refractivity contribution is 5.85. The van der Waals surface area contributed by atoms with Crippen LogP contribution in [-0.2, 0) is 18.4 Å². The minimum absolute atomic E-state index is 0. The Kier molecular flexibility index (Phi) is 5.64. The summed E-state index contributed by atoms with van der Waals surface area (Å²) >= 11 is 0. The summed E-state index contributed by atoms with van der Waals surface area (Å²) in [5, 5.41) is 11.1. The molecule has 1 amide bonds. The van der Waals surface area contributed by atoms with Gasteiger partial charge in [-0.15, -0.1) is 12.4 Å². The maximum Gasteiger partial charge on any atom is 0.242 e. The highest BCUT2D eigenvalue weighted by Gasteiger charge is 2.20. The van der Waals surface area contributed by atoms with Crippen LogP contribution in [0.3, 0.4) is 0 Å². The molecule has 0 saturated carbocycles. The van der Waals surface area contributed by atoms with E-state index in [1.54, 1.807) is 17.9 Å². The van der Waals surface area contributed by atoms with E-state index in [0.29, 0.717) is 6.54 Å². The second kappa shape index (κ2) is 7.51. The normalized spacial score (nSPS) is 12.0. The number of hydrogen-bond donors (Lipinski definition) is 2. The Morgan fingerprint density at radius 3 is 2.75 bits per heavy atom. The molecule has 2 aromatic heterocycles. The molecule has 7 heteroatoms. The molecule has 128 valence electrons. The van der Waals surface area contributed by atoms with Crippen molar-refractivity contribution in [1.29, 1.82) is 0 Å². The van der Waals surface area contributed by atoms with Crippen LogP contribution in [0.4, 0.5) is 0 Å². The van der Waals surface area contributed by atoms with Crippen LogP contribution < -0.4 is 10.6 Å². The molecule has 3 rings (SSSR count). The van der Waals surface area contributed by atoms with E-state index in [2.05, 4.69) is 15.7 Å². The van der Waals surface area contributed by atoms with Crippen LogP contribution in [0.25, 0.3) is 11.0 Å². The molecule has 0 aliphatic carbocycles. The number of amides is 1. The van der Waals surface area contributed by atoms with Crippen LogP contribution in [0, 0.1) is 6.92 Å². The maximum atomic E-state index is 12.4. The van der Waals surface area contributed by atoms with E-state index in [9.17, 15) is 4.79 Å². The quantitative estimate of drug-likeness (QED) is 0.743. The molecule has 2 N–H and O–H groups in total. The van der Waals surface area contributed by atoms with E-state index < -0.39 is 6.04 Å². The molecule has 0 bridgehead atoms. The Morgan fingerprint density at radius 2 is 2.12 bits per heavy atom. The first-order valence-corrected chi connectivity index (χ1v) is 7.50. The fourth-order valence-corrected chi connectivity index (χ4v) is 2.70. The number of aryl methyl sites for hydroxylation is 2. The summed E-state index contributed by atoms with van der Waals surface area (Å²) in [6, 6.07) is 7.43. The van der Waals surface area contributed by atoms with Gasteiger partial charge in [-0.3, -0.25) is 9.48 Å². The standard InChI is InChI=1S/C17H20N4O2.ClH/c1-11-13-6-4-5-7-14(13)23-15(11)9-19-17(22)16(18-2)12-8-20-21(3)10-12;/h4-8,10,16,18H,9H2,1-3H3,(H,19,22);1H. The lowest BCUT2D eigenvalue weighted by molar-refractivity contribution is -0.123. The number of benzene rings is 1. The van der Waals surface area contributed by atoms with Gasteiger partial charge in [0.15, 0.2) is 0 Å². The van der Waals surface area contributed by atoms with Crippen molar-refractivity contribution in [3.8, 4) is 0 Å². The van der Waals surface area contributed by atoms with Crippen LogP contribution in [-0.4, -0.2) is 22.7 Å². The van der Waals surface area contributed by atoms with E-state index in [0.717, 1.165) is 27.9 Å². The molecule has 0 fully saturated rings. The van der Waals surface area contributed by atoms with E-state index >= 15 is 0 Å². The van der Waals surface area contributed by atoms with Crippen molar-refractivity contribution >= 4 is 29.3 Å². The van der Waals surface area contributed by atoms with E-state index in [4.69, 9.17) is 4.42 Å². The topological polar surface area (TPSA) is 72.1 Å². The first-order chi connectivity index (χ1) is 11.1. The third-order valence-corrected chi connectivity index (χ3v) is 3.97. The summed E-state index contributed by atoms with van der Waals surface area (Å²) < 4.78 is 7.50. The summed E-state index contributed by atoms with van der Waals surface area (Å²) in [6.45, 7) is 2.36. The first-order valence-electron chi connectivity index (χ1n) is 7.50. The highest BCUT2D eigenvalue weighted by Crippen LogP contribution is 2.24. The summed E-state index contributed by atoms with van der Waals surface area (Å²) in [5.41, 5.74) is 2.73. The lowest BCUT2D eigenvalue weighted by atomic mass is 10.1. The smallest absolute Gasteiger partial charge is 0.242 e. The third kappa shape index (κ3) is 3.44. The molecular weight excluding hydrogens is 328 g/mol. The van der Waals surface area contributed by atoms with Gasteiger partial charge in [-0.25, -0.2) is 0 Å². The van der Waals surface area contributed by atoms with Gasteiger partial charge in [0.2, 0.25) is 5.91 Å². The zero-order valence-corrected chi connectivity index (χ0v) is 14.7. The van der Waals surface area contributed by atoms with Crippen molar-refractivity contribution in [1.82, 2.24) is 20.4 Å². The monoisotopic (exact) mass is 348 g/mol. The lowest BCUT2D eigenvalue weighted by Gasteiger charge is -2.14. The summed E-state index contributed by atoms with van der Waals surface area (Å²) in [7, 11) is 3.58. The van der Waals surface area contributed by atoms with Crippen molar-refractivity contribution in [2.24, 2.45) is 7.05 Å². The van der Waals surface area contributed by atoms with Gasteiger partial charge in [0.1, 0.15) is 17.4 Å². The summed E-state index contributed by atoms with van der Waals surface area (Å²) in [4.78, 5) is 12.4. The molecule has 0 aliphatic heterocycles. The molecule has 0 spiro atoms. The molecule has 6 nitrogen and oxygen atoms in total. The Bertz CT molecular complexity index is 840. The Morgan fingerprint density at radius 1 is 1.38 bits per heavy atom. The van der Waals surface area contributed by atoms with Crippen molar-refractivity contribution < 1.29 is 9.21 Å². The Labute approximate surface area is 146 Å². The number of nitrogens with one attached hydrogen (secondary N) is 2. The number of fused-ring (bicyclic) bond motifs is 1. The zero-order chi connectivity index (χ0) is 16.4. The number of hydrogen-bond acceptors (Lipinski definition) is 4. The number of aromatic nitrogens is 2. The average Bonchev–Trinajstić information content (AvgIpc) is 3.11. The van der Waals surface area contributed by atoms with Crippen molar-refractivity contribution in [2.75, 3.05) is 7.05 Å². The van der Waals surface area contributed by atoms with Gasteiger partial charge in [-0.2, -0.15) is 5.10 Å². The van der Waals surface area contributed by atoms with Crippen LogP contribution in [0.1, 0.15) is 22.9 Å². The van der Waals surface area contributed by atoms with Crippen LogP contribution in [0.15, 0.2) is 41.1 Å². The predicted octanol–water partition coefficient (Wildman–Crippen LogP) is 2.47. The number of para-hydroxylation sites is 1. The SMILES string of the molecule is CNC(C(=O)NCc1oc2ccccc2c1C)c1cnn(C)c1.Cl. The van der Waals surface area contributed by atoms with Crippen LogP contribution in [0.5, 0.6) is 0 Å². The van der Waals surface area contributed by atoms with Gasteiger partial charge in [-0.1, -0.05) is 18.2 Å². The second-order valence-electron chi connectivity index (χ2n) is 5.53. The molecule has 0 radical (unpaired) electrons. The number of furan rings is 1. The molecule has 1 unspecified atom stereocenters. The van der Waals surface area contributed by atoms with Crippen LogP contribution >= 0.6 is 12.4 Å². The van der Waals surface area contributed by atoms with Gasteiger partial charge in [0.05, 0.1) is 12.7 Å². The van der Waals surface area contributed by atoms with Gasteiger partial charge >= 0.3 is 0 Å². The molecule has 0 saturated heterocycles. The van der Waals surface area contributed by atoms with Crippen molar-refractivity contribution in [2.45, 2.75) is 19.5 Å². The van der Waals surface area contributed by atoms with E-state index in [1.807, 2.05) is 44.4 Å². The van der Waals surface area contributed by atoms with Gasteiger partial charge in [0, 0.05) is 29.8 Å². The molecule has 2 heterocycles. The Balaban J connectivity index is 0.00000208. The predicted molar refractivity (Wildman–Crippen MR) is 95.1 cm³/mol. The molecular formula is C17H21ClN4O2. The van der Waals surface area contributed by atoms with E-state index in [1.165, 1.54) is 0 Å². The highest BCUT2D eigenvalue weighted by atomic mass is 35.5. The minimum Gasteiger partial charge on any atom is -0.459 e. The molecule has 3 aromatic rings. The van der Waals surface area contributed by atoms with Gasteiger partial charge in [0.25, 0.3) is 0 Å². The molecule has 24 heavy (non-hydrogen) atoms. The van der Waals surface area contributed by atoms with Crippen LogP contribution in [0.2, 0.25) is 0 Å². The number of halogens is 1. The first kappa shape index (κ1) is 18.0. The zero-order valence-electron chi connectivity index (χ0n) is 13.9. The van der Waals surface area contributed by atoms with Crippen molar-refractivity contribution in [3.05, 3.63) is 53.5 Å². The number of carbonyl (C=O) groups excluding carboxylic acids is 1. The average molecular weight is 349 g/mol. The number of carbonyl (C=O) groups is 1. The number of likely N-dealkylation sites (N-methyl/N-ethyl adjacent to an activating group) is 1. The molecule has 0 aliphatic rings. The Hall–Kier alpha value is -2.31. The molecule has 1 atom stereocenters. The minimum atomic E-state index is -0.437. The third-order valence-electron chi connectivity index (χ3n) is 3.97. The molecule has 1 aromatic carbocycles. The largest absolute Gasteiger partial charge is 0.459 e. The fraction of sp³-hybridized carbons (Fsp3) is 0.294. The van der Waals surface area contributed by atoms with Crippen molar-refractivity contribution in [3.63, 3.8) is 0 Å². The maximum absolute atomic E-state index is 12.4. The van der Waals surface area contributed by atoms with E-state index in [-0.39, 0.29) is 18.3 Å². The fourth-order valence-electron chi connectivity index (χ4n) is 2.70. The summed E-state index contributed by atoms with van der Waals surface area (Å²) in [6.07, 6.45) is 3.51. The van der Waals surface area contributed by atoms with Gasteiger partial charge < -0.3 is 15.1 Å². The number of rotatable bonds is 5. The summed E-state index contributed by atoms with van der Waals surface area (Å²) in [5.74, 6) is 0.668. The number of nitrogens with zero attached hydrogens (tertiary/aromatic N) is 2. The lowest BCUT2D eigenvalue weighted by Crippen LogP contribution is -2.35. The second-order valence-corrected chi connectivity index (χ2v) is 5.53. The van der Waals surface area contributed by atoms with Gasteiger partial charge in [-0.05, 0) is 20.0 Å².